The van der Waals surface area contributed by atoms with E-state index in [4.69, 9.17) is 4.74 Å². The molecule has 0 saturated heterocycles. The number of carbonyl (C=O) groups is 1. The van der Waals surface area contributed by atoms with E-state index in [1.807, 2.05) is 19.0 Å². The summed E-state index contributed by atoms with van der Waals surface area (Å²) in [6.07, 6.45) is 1.55. The van der Waals surface area contributed by atoms with Crippen molar-refractivity contribution in [3.8, 4) is 5.88 Å². The van der Waals surface area contributed by atoms with Gasteiger partial charge in [-0.25, -0.2) is 13.8 Å². The Bertz CT molecular complexity index is 991. The van der Waals surface area contributed by atoms with Crippen LogP contribution in [0.4, 0.5) is 13.9 Å². The normalized spacial score (nSPS) is 11.0. The topological polar surface area (TPSA) is 63.5 Å². The van der Waals surface area contributed by atoms with Crippen molar-refractivity contribution in [2.24, 2.45) is 7.05 Å². The largest absolute Gasteiger partial charge is 0.479 e. The Morgan fingerprint density at radius 1 is 1.29 bits per heavy atom. The molecule has 1 aromatic carbocycles. The van der Waals surface area contributed by atoms with Gasteiger partial charge in [-0.1, -0.05) is 11.3 Å². The Morgan fingerprint density at radius 2 is 2.00 bits per heavy atom. The molecule has 0 atom stereocenters. The van der Waals surface area contributed by atoms with Crippen LogP contribution in [-0.4, -0.2) is 59.9 Å². The van der Waals surface area contributed by atoms with Gasteiger partial charge in [0.2, 0.25) is 5.88 Å². The Balaban J connectivity index is 0.00000280. The van der Waals surface area contributed by atoms with E-state index in [2.05, 4.69) is 10.1 Å². The third kappa shape index (κ3) is 4.40. The van der Waals surface area contributed by atoms with Crippen LogP contribution in [0.15, 0.2) is 18.3 Å². The molecule has 7 nitrogen and oxygen atoms in total. The van der Waals surface area contributed by atoms with E-state index in [0.717, 1.165) is 17.4 Å². The maximum Gasteiger partial charge on any atom is 0.267 e. The molecule has 28 heavy (non-hydrogen) atoms. The highest BCUT2D eigenvalue weighted by Crippen LogP contribution is 2.32. The van der Waals surface area contributed by atoms with Crippen molar-refractivity contribution >= 4 is 45.0 Å². The minimum absolute atomic E-state index is 0. The summed E-state index contributed by atoms with van der Waals surface area (Å²) in [5.74, 6) is -1.63. The zero-order valence-electron chi connectivity index (χ0n) is 15.8. The van der Waals surface area contributed by atoms with Gasteiger partial charge in [0.15, 0.2) is 10.9 Å². The number of anilines is 1. The van der Waals surface area contributed by atoms with Crippen LogP contribution in [0.1, 0.15) is 10.4 Å². The van der Waals surface area contributed by atoms with Gasteiger partial charge in [-0.2, -0.15) is 0 Å². The molecule has 0 aliphatic carbocycles. The van der Waals surface area contributed by atoms with Gasteiger partial charge in [-0.05, 0) is 20.2 Å². The zero-order chi connectivity index (χ0) is 19.7. The van der Waals surface area contributed by atoms with Gasteiger partial charge < -0.3 is 9.64 Å². The summed E-state index contributed by atoms with van der Waals surface area (Å²) in [6.45, 7) is 0.870. The fourth-order valence-electron chi connectivity index (χ4n) is 2.56. The number of thiazole rings is 1. The first-order valence-electron chi connectivity index (χ1n) is 8.10. The van der Waals surface area contributed by atoms with Crippen molar-refractivity contribution < 1.29 is 18.3 Å². The Kier molecular flexibility index (Phi) is 6.91. The molecule has 0 radical (unpaired) electrons. The average Bonchev–Trinajstić information content (AvgIpc) is 3.18. The van der Waals surface area contributed by atoms with Gasteiger partial charge in [-0.3, -0.25) is 14.4 Å². The summed E-state index contributed by atoms with van der Waals surface area (Å²) in [7, 11) is 6.86. The lowest BCUT2D eigenvalue weighted by molar-refractivity contribution is 0.0982. The Morgan fingerprint density at radius 3 is 2.64 bits per heavy atom. The first kappa shape index (κ1) is 22.0. The van der Waals surface area contributed by atoms with E-state index in [0.29, 0.717) is 17.8 Å². The average molecular weight is 432 g/mol. The van der Waals surface area contributed by atoms with Crippen molar-refractivity contribution in [2.75, 3.05) is 39.2 Å². The lowest BCUT2D eigenvalue weighted by Gasteiger charge is -2.21. The number of ether oxygens (including phenoxy) is 1. The van der Waals surface area contributed by atoms with Crippen LogP contribution in [0, 0.1) is 11.6 Å². The van der Waals surface area contributed by atoms with Crippen molar-refractivity contribution in [3.05, 3.63) is 35.5 Å². The monoisotopic (exact) mass is 431 g/mol. The molecule has 2 heterocycles. The molecule has 3 aromatic rings. The second-order valence-corrected chi connectivity index (χ2v) is 7.23. The number of amides is 1. The highest BCUT2D eigenvalue weighted by Gasteiger charge is 2.26. The molecule has 0 N–H and O–H groups in total. The number of rotatable bonds is 6. The highest BCUT2D eigenvalue weighted by atomic mass is 35.5. The molecule has 0 aliphatic rings. The molecular weight excluding hydrogens is 412 g/mol. The van der Waals surface area contributed by atoms with Crippen molar-refractivity contribution in [3.63, 3.8) is 0 Å². The number of likely N-dealkylation sites (N-methyl/N-ethyl adjacent to an activating group) is 1. The maximum absolute atomic E-state index is 14.0. The van der Waals surface area contributed by atoms with Crippen molar-refractivity contribution in [1.82, 2.24) is 19.7 Å². The summed E-state index contributed by atoms with van der Waals surface area (Å²) in [4.78, 5) is 20.7. The third-order valence-corrected chi connectivity index (χ3v) is 4.89. The van der Waals surface area contributed by atoms with Gasteiger partial charge >= 0.3 is 0 Å². The first-order valence-corrected chi connectivity index (χ1v) is 8.91. The Hall–Kier alpha value is -2.30. The predicted octanol–water partition coefficient (Wildman–Crippen LogP) is 2.95. The van der Waals surface area contributed by atoms with Gasteiger partial charge in [-0.15, -0.1) is 17.5 Å². The van der Waals surface area contributed by atoms with Gasteiger partial charge in [0.1, 0.15) is 16.9 Å². The first-order chi connectivity index (χ1) is 12.8. The molecule has 11 heteroatoms. The Labute approximate surface area is 170 Å². The van der Waals surface area contributed by atoms with E-state index in [-0.39, 0.29) is 40.4 Å². The summed E-state index contributed by atoms with van der Waals surface area (Å²) < 4.78 is 34.5. The van der Waals surface area contributed by atoms with E-state index >= 15 is 0 Å². The molecule has 0 saturated carbocycles. The van der Waals surface area contributed by atoms with E-state index in [1.165, 1.54) is 22.8 Å². The fourth-order valence-corrected chi connectivity index (χ4v) is 3.59. The summed E-state index contributed by atoms with van der Waals surface area (Å²) in [5, 5.41) is 4.38. The van der Waals surface area contributed by atoms with Gasteiger partial charge in [0.05, 0.1) is 11.8 Å². The number of hydrogen-bond acceptors (Lipinski definition) is 6. The number of halogens is 3. The molecule has 0 spiro atoms. The predicted molar refractivity (Wildman–Crippen MR) is 107 cm³/mol. The van der Waals surface area contributed by atoms with Crippen LogP contribution in [-0.2, 0) is 7.05 Å². The van der Waals surface area contributed by atoms with Crippen LogP contribution in [0.3, 0.4) is 0 Å². The number of aromatic nitrogens is 3. The molecule has 0 bridgehead atoms. The van der Waals surface area contributed by atoms with Crippen LogP contribution < -0.4 is 9.64 Å². The zero-order valence-corrected chi connectivity index (χ0v) is 17.4. The molecule has 0 aliphatic heterocycles. The molecule has 2 aromatic heterocycles. The van der Waals surface area contributed by atoms with E-state index < -0.39 is 11.6 Å². The summed E-state index contributed by atoms with van der Waals surface area (Å²) in [5.41, 5.74) is 0.307. The van der Waals surface area contributed by atoms with E-state index in [1.54, 1.807) is 13.2 Å². The molecule has 152 valence electrons. The minimum atomic E-state index is -0.758. The smallest absolute Gasteiger partial charge is 0.267 e. The van der Waals surface area contributed by atoms with Crippen LogP contribution >= 0.6 is 23.7 Å². The quantitative estimate of drug-likeness (QED) is 0.600. The summed E-state index contributed by atoms with van der Waals surface area (Å²) in [6, 6.07) is 1.99. The van der Waals surface area contributed by atoms with Crippen LogP contribution in [0.5, 0.6) is 5.88 Å². The summed E-state index contributed by atoms with van der Waals surface area (Å²) >= 11 is 1.06. The number of hydrogen-bond donors (Lipinski definition) is 0. The standard InChI is InChI=1S/C17H19F2N5O2S.ClH/c1-22(2)5-6-24(16(25)11-9-23(3)21-15(11)26-4)17-20-14-12(19)7-10(18)8-13(14)27-17;/h7-9H,5-6H2,1-4H3;1H. The second kappa shape index (κ2) is 8.80. The third-order valence-electron chi connectivity index (χ3n) is 3.87. The van der Waals surface area contributed by atoms with E-state index in [9.17, 15) is 13.6 Å². The maximum atomic E-state index is 14.0. The van der Waals surface area contributed by atoms with Crippen molar-refractivity contribution in [1.29, 1.82) is 0 Å². The number of aryl methyl sites for hydroxylation is 1. The SMILES string of the molecule is COc1nn(C)cc1C(=O)N(CCN(C)C)c1nc2c(F)cc(F)cc2s1.Cl. The number of nitrogens with zero attached hydrogens (tertiary/aromatic N) is 5. The molecule has 1 amide bonds. The fraction of sp³-hybridized carbons (Fsp3) is 0.353. The molecule has 0 fully saturated rings. The number of benzene rings is 1. The lowest BCUT2D eigenvalue weighted by atomic mass is 10.3. The number of carbonyl (C=O) groups excluding carboxylic acids is 1. The highest BCUT2D eigenvalue weighted by molar-refractivity contribution is 7.22. The lowest BCUT2D eigenvalue weighted by Crippen LogP contribution is -2.36. The van der Waals surface area contributed by atoms with Crippen molar-refractivity contribution in [2.45, 2.75) is 0 Å². The number of methoxy groups -OCH3 is 1. The second-order valence-electron chi connectivity index (χ2n) is 6.22. The van der Waals surface area contributed by atoms with Crippen LogP contribution in [0.2, 0.25) is 0 Å². The van der Waals surface area contributed by atoms with Crippen LogP contribution in [0.25, 0.3) is 10.2 Å². The molecule has 3 rings (SSSR count). The van der Waals surface area contributed by atoms with Gasteiger partial charge in [0.25, 0.3) is 5.91 Å². The number of fused-ring (bicyclic) bond motifs is 1. The molecular formula is C17H20ClF2N5O2S. The van der Waals surface area contributed by atoms with Gasteiger partial charge in [0, 0.05) is 32.4 Å². The minimum Gasteiger partial charge on any atom is -0.479 e. The molecule has 0 unspecified atom stereocenters.